The van der Waals surface area contributed by atoms with Crippen molar-refractivity contribution in [2.24, 2.45) is 0 Å². The van der Waals surface area contributed by atoms with E-state index in [0.29, 0.717) is 0 Å². The van der Waals surface area contributed by atoms with Gasteiger partial charge in [-0.3, -0.25) is 4.79 Å². The molecular formula is C18H27BN2O3. The summed E-state index contributed by atoms with van der Waals surface area (Å²) in [6.45, 7) is 11.6. The standard InChI is InChI=1S/C18H27BN2O3/c1-17(2)18(3,4)24-19(23-17)15-8-6-14(7-9-15)16(22)21-12-10-20(5)11-13-21/h6-9H,10-13H2,1-5H3/i6+1,7+1,8+1,9+1,14+1,15+1. The largest absolute Gasteiger partial charge is 0.494 e. The van der Waals surface area contributed by atoms with E-state index >= 15 is 0 Å². The van der Waals surface area contributed by atoms with Crippen LogP contribution in [0.15, 0.2) is 24.3 Å². The third-order valence-corrected chi connectivity index (χ3v) is 5.47. The van der Waals surface area contributed by atoms with Gasteiger partial charge in [-0.2, -0.15) is 0 Å². The van der Waals surface area contributed by atoms with Gasteiger partial charge in [0.25, 0.3) is 5.91 Å². The molecule has 1 aromatic rings. The fourth-order valence-corrected chi connectivity index (χ4v) is 2.95. The molecule has 1 amide bonds. The highest BCUT2D eigenvalue weighted by Crippen LogP contribution is 2.36. The van der Waals surface area contributed by atoms with Gasteiger partial charge < -0.3 is 19.1 Å². The molecule has 0 spiro atoms. The molecule has 2 aliphatic heterocycles. The van der Waals surface area contributed by atoms with Crippen LogP contribution in [0, 0.1) is 0 Å². The average molecular weight is 336 g/mol. The van der Waals surface area contributed by atoms with E-state index in [9.17, 15) is 4.79 Å². The van der Waals surface area contributed by atoms with E-state index in [4.69, 9.17) is 9.31 Å². The minimum atomic E-state index is -0.386. The third-order valence-electron chi connectivity index (χ3n) is 5.47. The highest BCUT2D eigenvalue weighted by atomic mass is 16.7. The van der Waals surface area contributed by atoms with Gasteiger partial charge in [0.2, 0.25) is 0 Å². The topological polar surface area (TPSA) is 42.0 Å². The first-order valence-electron chi connectivity index (χ1n) is 8.63. The number of likely N-dealkylation sites (N-methyl/N-ethyl adjacent to an activating group) is 1. The predicted molar refractivity (Wildman–Crippen MR) is 95.6 cm³/mol. The van der Waals surface area contributed by atoms with Gasteiger partial charge in [-0.1, -0.05) is 12.1 Å². The molecular weight excluding hydrogens is 309 g/mol. The Morgan fingerprint density at radius 3 is 1.96 bits per heavy atom. The molecule has 130 valence electrons. The molecule has 0 atom stereocenters. The quantitative estimate of drug-likeness (QED) is 0.765. The molecule has 0 saturated carbocycles. The maximum absolute atomic E-state index is 12.6. The van der Waals surface area contributed by atoms with Crippen molar-refractivity contribution in [3.05, 3.63) is 29.8 Å². The number of benzene rings is 1. The summed E-state index contributed by atoms with van der Waals surface area (Å²) in [6, 6.07) is 7.62. The average Bonchev–Trinajstić information content (AvgIpc) is 2.76. The first kappa shape index (κ1) is 17.5. The van der Waals surface area contributed by atoms with E-state index < -0.39 is 0 Å². The number of carbonyl (C=O) groups excluding carboxylic acids is 1. The summed E-state index contributed by atoms with van der Waals surface area (Å²) in [4.78, 5) is 16.8. The number of carbonyl (C=O) groups is 1. The minimum Gasteiger partial charge on any atom is -0.399 e. The van der Waals surface area contributed by atoms with Gasteiger partial charge in [-0.05, 0) is 52.3 Å². The lowest BCUT2D eigenvalue weighted by atomic mass is 9.90. The van der Waals surface area contributed by atoms with E-state index in [1.165, 1.54) is 0 Å². The highest BCUT2D eigenvalue weighted by molar-refractivity contribution is 6.62. The van der Waals surface area contributed by atoms with Crippen molar-refractivity contribution in [3.8, 4) is 0 Å². The van der Waals surface area contributed by atoms with Gasteiger partial charge in [-0.25, -0.2) is 0 Å². The minimum absolute atomic E-state index is 0.101. The van der Waals surface area contributed by atoms with Crippen LogP contribution in [-0.2, 0) is 9.31 Å². The Bertz CT molecular complexity index is 591. The molecule has 2 saturated heterocycles. The first-order valence-corrected chi connectivity index (χ1v) is 8.63. The second-order valence-corrected chi connectivity index (χ2v) is 7.81. The summed E-state index contributed by atoms with van der Waals surface area (Å²) in [5.74, 6) is 0.101. The second-order valence-electron chi connectivity index (χ2n) is 7.81. The lowest BCUT2D eigenvalue weighted by Gasteiger charge is -2.32. The molecule has 0 unspecified atom stereocenters. The molecule has 2 fully saturated rings. The van der Waals surface area contributed by atoms with Crippen LogP contribution in [0.4, 0.5) is 0 Å². The van der Waals surface area contributed by atoms with Crippen LogP contribution in [0.25, 0.3) is 0 Å². The van der Waals surface area contributed by atoms with Gasteiger partial charge in [0.05, 0.1) is 11.2 Å². The van der Waals surface area contributed by atoms with Crippen LogP contribution in [0.1, 0.15) is 38.1 Å². The van der Waals surface area contributed by atoms with E-state index in [2.05, 4.69) is 11.9 Å². The summed E-state index contributed by atoms with van der Waals surface area (Å²) in [5.41, 5.74) is 0.959. The van der Waals surface area contributed by atoms with E-state index in [1.807, 2.05) is 56.9 Å². The SMILES string of the molecule is CN1CCN(C(=O)[13c]2[13cH][13cH][13c](B3OC(C)(C)C(C)(C)O3)[13cH][13cH]2)CC1. The van der Waals surface area contributed by atoms with Crippen molar-refractivity contribution in [2.75, 3.05) is 33.2 Å². The molecule has 2 heterocycles. The maximum Gasteiger partial charge on any atom is 0.494 e. The van der Waals surface area contributed by atoms with Gasteiger partial charge in [0.1, 0.15) is 0 Å². The highest BCUT2D eigenvalue weighted by Gasteiger charge is 2.51. The van der Waals surface area contributed by atoms with E-state index in [0.717, 1.165) is 37.2 Å². The molecule has 0 aliphatic carbocycles. The molecule has 3 rings (SSSR count). The van der Waals surface area contributed by atoms with Crippen LogP contribution in [-0.4, -0.2) is 67.3 Å². The number of amides is 1. The summed E-state index contributed by atoms with van der Waals surface area (Å²) >= 11 is 0. The predicted octanol–water partition coefficient (Wildman–Crippen LogP) is 1.37. The van der Waals surface area contributed by atoms with Crippen LogP contribution in [0.2, 0.25) is 0 Å². The number of nitrogens with zero attached hydrogens (tertiary/aromatic N) is 2. The Balaban J connectivity index is 1.69. The van der Waals surface area contributed by atoms with Crippen molar-refractivity contribution in [1.82, 2.24) is 9.80 Å². The van der Waals surface area contributed by atoms with Crippen molar-refractivity contribution in [2.45, 2.75) is 38.9 Å². The van der Waals surface area contributed by atoms with Crippen LogP contribution < -0.4 is 5.46 Å². The third kappa shape index (κ3) is 3.23. The molecule has 0 N–H and O–H groups in total. The second kappa shape index (κ2) is 6.17. The van der Waals surface area contributed by atoms with Crippen LogP contribution in [0.5, 0.6) is 0 Å². The molecule has 0 radical (unpaired) electrons. The zero-order chi connectivity index (χ0) is 17.5. The lowest BCUT2D eigenvalue weighted by molar-refractivity contribution is 0.00578. The summed E-state index contributed by atoms with van der Waals surface area (Å²) < 4.78 is 12.1. The smallest absolute Gasteiger partial charge is 0.399 e. The normalized spacial score (nSPS) is 23.5. The fraction of sp³-hybridized carbons (Fsp3) is 0.611. The Kier molecular flexibility index (Phi) is 4.49. The van der Waals surface area contributed by atoms with E-state index in [-0.39, 0.29) is 24.2 Å². The van der Waals surface area contributed by atoms with Crippen molar-refractivity contribution >= 4 is 18.5 Å². The van der Waals surface area contributed by atoms with Crippen LogP contribution in [0.3, 0.4) is 0 Å². The molecule has 1 aromatic carbocycles. The van der Waals surface area contributed by atoms with Crippen molar-refractivity contribution < 1.29 is 14.1 Å². The van der Waals surface area contributed by atoms with Crippen molar-refractivity contribution in [3.63, 3.8) is 0 Å². The molecule has 0 bridgehead atoms. The number of piperazine rings is 1. The lowest BCUT2D eigenvalue weighted by Crippen LogP contribution is -2.47. The van der Waals surface area contributed by atoms with E-state index in [1.54, 1.807) is 0 Å². The number of rotatable bonds is 2. The Hall–Kier alpha value is -1.37. The molecule has 24 heavy (non-hydrogen) atoms. The maximum atomic E-state index is 12.6. The zero-order valence-electron chi connectivity index (χ0n) is 15.3. The molecule has 5 nitrogen and oxygen atoms in total. The van der Waals surface area contributed by atoms with Crippen LogP contribution >= 0.6 is 0 Å². The summed E-state index contributed by atoms with van der Waals surface area (Å²) in [5, 5.41) is 0. The Labute approximate surface area is 145 Å². The monoisotopic (exact) mass is 336 g/mol. The van der Waals surface area contributed by atoms with Gasteiger partial charge in [-0.15, -0.1) is 0 Å². The van der Waals surface area contributed by atoms with Gasteiger partial charge in [0.15, 0.2) is 0 Å². The number of hydrogen-bond donors (Lipinski definition) is 0. The Morgan fingerprint density at radius 1 is 0.958 bits per heavy atom. The summed E-state index contributed by atoms with van der Waals surface area (Å²) in [7, 11) is 1.70. The number of hydrogen-bond acceptors (Lipinski definition) is 4. The molecule has 6 heteroatoms. The Morgan fingerprint density at radius 2 is 1.46 bits per heavy atom. The summed E-state index contributed by atoms with van der Waals surface area (Å²) in [6.07, 6.45) is 0. The zero-order valence-corrected chi connectivity index (χ0v) is 15.3. The van der Waals surface area contributed by atoms with Gasteiger partial charge in [0, 0.05) is 31.7 Å². The molecule has 2 aliphatic rings. The molecule has 0 aromatic heterocycles. The van der Waals surface area contributed by atoms with Gasteiger partial charge >= 0.3 is 7.12 Å². The fourth-order valence-electron chi connectivity index (χ4n) is 2.95. The van der Waals surface area contributed by atoms with Crippen molar-refractivity contribution in [1.29, 1.82) is 0 Å². The first-order chi connectivity index (χ1) is 11.2.